The average Bonchev–Trinajstić information content (AvgIpc) is 2.58. The van der Waals surface area contributed by atoms with E-state index in [2.05, 4.69) is 10.1 Å². The third kappa shape index (κ3) is 8.54. The molecule has 0 saturated carbocycles. The summed E-state index contributed by atoms with van der Waals surface area (Å²) in [6.45, 7) is 8.80. The second-order valence-corrected chi connectivity index (χ2v) is 7.99. The van der Waals surface area contributed by atoms with E-state index in [0.717, 1.165) is 16.8 Å². The molecule has 27 heavy (non-hydrogen) atoms. The number of benzene rings is 1. The third-order valence-electron chi connectivity index (χ3n) is 3.89. The molecule has 0 aliphatic carbocycles. The monoisotopic (exact) mass is 413 g/mol. The maximum atomic E-state index is 12.5. The highest BCUT2D eigenvalue weighted by Gasteiger charge is 2.25. The number of hydrogen-bond acceptors (Lipinski definition) is 5. The third-order valence-corrected chi connectivity index (χ3v) is 4.23. The van der Waals surface area contributed by atoms with Gasteiger partial charge in [-0.15, -0.1) is 23.2 Å². The Hall–Kier alpha value is -1.24. The van der Waals surface area contributed by atoms with E-state index in [1.54, 1.807) is 0 Å². The minimum absolute atomic E-state index is 0.397. The minimum Gasteiger partial charge on any atom is -0.459 e. The van der Waals surface area contributed by atoms with Crippen LogP contribution in [0, 0.1) is 6.92 Å². The van der Waals surface area contributed by atoms with Crippen LogP contribution >= 0.6 is 23.2 Å². The number of nitrogens with one attached hydrogen (secondary N) is 1. The van der Waals surface area contributed by atoms with Crippen molar-refractivity contribution in [2.75, 3.05) is 29.7 Å². The Labute approximate surface area is 173 Å². The van der Waals surface area contributed by atoms with Gasteiger partial charge in [-0.3, -0.25) is 4.79 Å². The molecule has 0 spiro atoms. The van der Waals surface area contributed by atoms with E-state index in [-0.39, 0.29) is 0 Å². The number of hydrogen-bond donors (Lipinski definition) is 1. The molecule has 0 saturated heterocycles. The zero-order chi connectivity index (χ0) is 20.4. The molecule has 1 aromatic rings. The van der Waals surface area contributed by atoms with Crippen molar-refractivity contribution in [3.05, 3.63) is 29.3 Å². The van der Waals surface area contributed by atoms with Gasteiger partial charge in [0.1, 0.15) is 11.6 Å². The standard InChI is InChI=1S/C19H28BCl2N2O3/c1-14-5-6-16(24(9-7-21)10-8-22)11-15(14)12-17(23-20-13-25)18(26)27-19(2,3)4/h5-6,11,13,17,23H,7-10,12H2,1-4H3/t17-/m1/s1. The van der Waals surface area contributed by atoms with Gasteiger partial charge in [0.05, 0.1) is 6.19 Å². The van der Waals surface area contributed by atoms with Gasteiger partial charge in [-0.25, -0.2) is 0 Å². The highest BCUT2D eigenvalue weighted by Crippen LogP contribution is 2.22. The van der Waals surface area contributed by atoms with E-state index in [1.165, 1.54) is 7.41 Å². The van der Waals surface area contributed by atoms with Gasteiger partial charge in [0, 0.05) is 30.5 Å². The SMILES string of the molecule is Cc1ccc(N(CCCl)CCCl)cc1C[C@@H](N[B]C=O)C(=O)OC(C)(C)C. The first-order valence-electron chi connectivity index (χ1n) is 8.94. The molecule has 0 amide bonds. The van der Waals surface area contributed by atoms with Crippen LogP contribution in [0.1, 0.15) is 31.9 Å². The molecule has 0 aromatic heterocycles. The van der Waals surface area contributed by atoms with Gasteiger partial charge in [-0.1, -0.05) is 6.07 Å². The number of aryl methyl sites for hydroxylation is 1. The van der Waals surface area contributed by atoms with Crippen molar-refractivity contribution in [3.8, 4) is 0 Å². The quantitative estimate of drug-likeness (QED) is 0.261. The van der Waals surface area contributed by atoms with Crippen molar-refractivity contribution < 1.29 is 14.3 Å². The fraction of sp³-hybridized carbons (Fsp3) is 0.579. The molecular weight excluding hydrogens is 386 g/mol. The lowest BCUT2D eigenvalue weighted by Gasteiger charge is -2.26. The predicted octanol–water partition coefficient (Wildman–Crippen LogP) is 2.93. The maximum absolute atomic E-state index is 12.5. The Morgan fingerprint density at radius 1 is 1.30 bits per heavy atom. The fourth-order valence-electron chi connectivity index (χ4n) is 2.61. The minimum atomic E-state index is -0.655. The molecule has 0 aliphatic heterocycles. The summed E-state index contributed by atoms with van der Waals surface area (Å²) < 4.78 is 5.48. The number of esters is 1. The lowest BCUT2D eigenvalue weighted by molar-refractivity contribution is -0.156. The van der Waals surface area contributed by atoms with Crippen LogP contribution in [-0.2, 0) is 20.7 Å². The van der Waals surface area contributed by atoms with Crippen LogP contribution in [0.3, 0.4) is 0 Å². The molecule has 0 fully saturated rings. The van der Waals surface area contributed by atoms with Crippen molar-refractivity contribution in [2.24, 2.45) is 0 Å². The molecule has 0 aliphatic rings. The molecule has 1 atom stereocenters. The highest BCUT2D eigenvalue weighted by atomic mass is 35.5. The Morgan fingerprint density at radius 3 is 2.44 bits per heavy atom. The van der Waals surface area contributed by atoms with E-state index in [4.69, 9.17) is 27.9 Å². The number of alkyl halides is 2. The van der Waals surface area contributed by atoms with Crippen LogP contribution in [0.5, 0.6) is 0 Å². The summed E-state index contributed by atoms with van der Waals surface area (Å²) in [6, 6.07) is 5.41. The summed E-state index contributed by atoms with van der Waals surface area (Å²) in [7, 11) is 1.22. The van der Waals surface area contributed by atoms with Crippen molar-refractivity contribution >= 4 is 48.5 Å². The first kappa shape index (κ1) is 23.8. The van der Waals surface area contributed by atoms with Gasteiger partial charge in [-0.2, -0.15) is 0 Å². The molecular formula is C19H28BCl2N2O3. The smallest absolute Gasteiger partial charge is 0.322 e. The van der Waals surface area contributed by atoms with Gasteiger partial charge in [0.15, 0.2) is 0 Å². The number of anilines is 1. The van der Waals surface area contributed by atoms with Crippen LogP contribution in [-0.4, -0.2) is 56.1 Å². The Morgan fingerprint density at radius 2 is 1.93 bits per heavy atom. The summed E-state index contributed by atoms with van der Waals surface area (Å²) in [4.78, 5) is 25.4. The molecule has 1 aromatic carbocycles. The number of carbonyl (C=O) groups excluding carboxylic acids is 2. The number of halogens is 2. The number of carbonyl (C=O) groups is 2. The van der Waals surface area contributed by atoms with E-state index < -0.39 is 17.6 Å². The lowest BCUT2D eigenvalue weighted by atomic mass is 9.92. The second kappa shape index (κ2) is 11.6. The van der Waals surface area contributed by atoms with Gasteiger partial charge >= 0.3 is 5.97 Å². The summed E-state index contributed by atoms with van der Waals surface area (Å²) in [5, 5.41) is 2.84. The Kier molecular flexibility index (Phi) is 10.2. The van der Waals surface area contributed by atoms with Gasteiger partial charge < -0.3 is 19.7 Å². The van der Waals surface area contributed by atoms with Crippen LogP contribution in [0.15, 0.2) is 18.2 Å². The van der Waals surface area contributed by atoms with Crippen molar-refractivity contribution in [1.82, 2.24) is 5.23 Å². The summed E-state index contributed by atoms with van der Waals surface area (Å²) in [5.74, 6) is 0.594. The highest BCUT2D eigenvalue weighted by molar-refractivity contribution is 6.64. The molecule has 1 N–H and O–H groups in total. The van der Waals surface area contributed by atoms with E-state index >= 15 is 0 Å². The average molecular weight is 414 g/mol. The Balaban J connectivity index is 3.06. The van der Waals surface area contributed by atoms with Crippen LogP contribution in [0.4, 0.5) is 5.69 Å². The Bertz CT molecular complexity index is 617. The molecule has 5 nitrogen and oxygen atoms in total. The molecule has 8 heteroatoms. The van der Waals surface area contributed by atoms with Crippen LogP contribution in [0.25, 0.3) is 0 Å². The number of nitrogens with zero attached hydrogens (tertiary/aromatic N) is 1. The van der Waals surface area contributed by atoms with Gasteiger partial charge in [0.2, 0.25) is 0 Å². The lowest BCUT2D eigenvalue weighted by Crippen LogP contribution is -2.45. The normalized spacial score (nSPS) is 12.4. The topological polar surface area (TPSA) is 58.6 Å². The van der Waals surface area contributed by atoms with E-state index in [0.29, 0.717) is 37.5 Å². The molecule has 0 unspecified atom stereocenters. The molecule has 149 valence electrons. The van der Waals surface area contributed by atoms with E-state index in [1.807, 2.05) is 45.9 Å². The maximum Gasteiger partial charge on any atom is 0.322 e. The van der Waals surface area contributed by atoms with Crippen LogP contribution in [0.2, 0.25) is 0 Å². The van der Waals surface area contributed by atoms with Crippen molar-refractivity contribution in [3.63, 3.8) is 0 Å². The fourth-order valence-corrected chi connectivity index (χ4v) is 3.02. The molecule has 0 bridgehead atoms. The molecule has 1 rings (SSSR count). The summed E-state index contributed by atoms with van der Waals surface area (Å²) in [5.41, 5.74) is 2.44. The van der Waals surface area contributed by atoms with Crippen LogP contribution < -0.4 is 10.1 Å². The van der Waals surface area contributed by atoms with Crippen molar-refractivity contribution in [1.29, 1.82) is 0 Å². The van der Waals surface area contributed by atoms with E-state index in [9.17, 15) is 9.59 Å². The van der Waals surface area contributed by atoms with Gasteiger partial charge in [-0.05, 0) is 57.4 Å². The number of ether oxygens (including phenoxy) is 1. The molecule has 1 radical (unpaired) electrons. The molecule has 0 heterocycles. The first-order valence-corrected chi connectivity index (χ1v) is 10.0. The van der Waals surface area contributed by atoms with Crippen molar-refractivity contribution in [2.45, 2.75) is 45.8 Å². The predicted molar refractivity (Wildman–Crippen MR) is 114 cm³/mol. The first-order chi connectivity index (χ1) is 12.7. The largest absolute Gasteiger partial charge is 0.459 e. The summed E-state index contributed by atoms with van der Waals surface area (Å²) >= 11 is 11.8. The van der Waals surface area contributed by atoms with Gasteiger partial charge in [0.25, 0.3) is 7.41 Å². The zero-order valence-electron chi connectivity index (χ0n) is 16.4. The number of rotatable bonds is 11. The second-order valence-electron chi connectivity index (χ2n) is 7.24. The zero-order valence-corrected chi connectivity index (χ0v) is 17.9. The summed E-state index contributed by atoms with van der Waals surface area (Å²) in [6.07, 6.45) is 1.01.